The molecule has 70 valence electrons. The van der Waals surface area contributed by atoms with Gasteiger partial charge in [-0.05, 0) is 31.0 Å². The van der Waals surface area contributed by atoms with E-state index in [2.05, 4.69) is 11.4 Å². The zero-order chi connectivity index (χ0) is 9.26. The van der Waals surface area contributed by atoms with Gasteiger partial charge < -0.3 is 5.32 Å². The van der Waals surface area contributed by atoms with E-state index < -0.39 is 6.17 Å². The first kappa shape index (κ1) is 8.70. The lowest BCUT2D eigenvalue weighted by molar-refractivity contribution is 0.232. The summed E-state index contributed by atoms with van der Waals surface area (Å²) < 4.78 is 13.5. The van der Waals surface area contributed by atoms with Crippen molar-refractivity contribution < 1.29 is 4.39 Å². The molecular weight excluding hydrogens is 165 g/mol. The molecule has 1 nitrogen and oxygen atoms in total. The molecule has 2 heteroatoms. The van der Waals surface area contributed by atoms with Crippen LogP contribution in [0.15, 0.2) is 24.3 Å². The molecule has 2 rings (SSSR count). The van der Waals surface area contributed by atoms with Crippen LogP contribution < -0.4 is 5.32 Å². The Bertz CT molecular complexity index is 298. The Morgan fingerprint density at radius 1 is 1.38 bits per heavy atom. The van der Waals surface area contributed by atoms with Gasteiger partial charge in [0.05, 0.1) is 6.04 Å². The van der Waals surface area contributed by atoms with Crippen molar-refractivity contribution in [2.45, 2.75) is 25.1 Å². The van der Waals surface area contributed by atoms with Gasteiger partial charge in [-0.25, -0.2) is 4.39 Å². The Morgan fingerprint density at radius 3 is 2.92 bits per heavy atom. The van der Waals surface area contributed by atoms with E-state index in [1.807, 2.05) is 25.2 Å². The molecular formula is C11H14FN. The lowest BCUT2D eigenvalue weighted by Gasteiger charge is -2.28. The molecule has 0 radical (unpaired) electrons. The van der Waals surface area contributed by atoms with Crippen molar-refractivity contribution in [2.75, 3.05) is 7.05 Å². The first-order chi connectivity index (χ1) is 6.33. The standard InChI is InChI=1S/C11H14FN/c1-13-11-9-5-3-2-4-8(9)6-7-10(11)12/h2-5,10-11,13H,6-7H2,1H3. The molecule has 0 spiro atoms. The summed E-state index contributed by atoms with van der Waals surface area (Å²) in [5.41, 5.74) is 2.42. The molecule has 2 unspecified atom stereocenters. The molecule has 13 heavy (non-hydrogen) atoms. The SMILES string of the molecule is CNC1c2ccccc2CCC1F. The van der Waals surface area contributed by atoms with E-state index in [0.717, 1.165) is 12.0 Å². The van der Waals surface area contributed by atoms with Crippen LogP contribution in [0.25, 0.3) is 0 Å². The van der Waals surface area contributed by atoms with Gasteiger partial charge in [0.2, 0.25) is 0 Å². The molecule has 0 saturated heterocycles. The number of alkyl halides is 1. The van der Waals surface area contributed by atoms with Crippen LogP contribution in [-0.4, -0.2) is 13.2 Å². The Hall–Kier alpha value is -0.890. The van der Waals surface area contributed by atoms with Crippen molar-refractivity contribution in [3.05, 3.63) is 35.4 Å². The second kappa shape index (κ2) is 3.46. The van der Waals surface area contributed by atoms with Crippen LogP contribution in [-0.2, 0) is 6.42 Å². The number of nitrogens with one attached hydrogen (secondary N) is 1. The van der Waals surface area contributed by atoms with Crippen molar-refractivity contribution in [3.8, 4) is 0 Å². The molecule has 1 aliphatic carbocycles. The average molecular weight is 179 g/mol. The molecule has 0 aromatic heterocycles. The molecule has 1 aromatic rings. The topological polar surface area (TPSA) is 12.0 Å². The summed E-state index contributed by atoms with van der Waals surface area (Å²) in [6, 6.07) is 7.99. The van der Waals surface area contributed by atoms with Gasteiger partial charge in [0.25, 0.3) is 0 Å². The molecule has 0 aliphatic heterocycles. The van der Waals surface area contributed by atoms with Gasteiger partial charge in [0.1, 0.15) is 6.17 Å². The highest BCUT2D eigenvalue weighted by Crippen LogP contribution is 2.31. The van der Waals surface area contributed by atoms with Crippen molar-refractivity contribution >= 4 is 0 Å². The quantitative estimate of drug-likeness (QED) is 0.697. The van der Waals surface area contributed by atoms with Gasteiger partial charge >= 0.3 is 0 Å². The second-order valence-corrected chi connectivity index (χ2v) is 3.52. The first-order valence-corrected chi connectivity index (χ1v) is 4.72. The summed E-state index contributed by atoms with van der Waals surface area (Å²) in [6.07, 6.45) is 0.776. The fraction of sp³-hybridized carbons (Fsp3) is 0.455. The Labute approximate surface area is 78.0 Å². The fourth-order valence-corrected chi connectivity index (χ4v) is 2.06. The van der Waals surface area contributed by atoms with Crippen LogP contribution in [0.1, 0.15) is 23.6 Å². The maximum Gasteiger partial charge on any atom is 0.120 e. The number of hydrogen-bond acceptors (Lipinski definition) is 1. The van der Waals surface area contributed by atoms with Crippen LogP contribution in [0, 0.1) is 0 Å². The van der Waals surface area contributed by atoms with E-state index >= 15 is 0 Å². The van der Waals surface area contributed by atoms with Crippen LogP contribution in [0.2, 0.25) is 0 Å². The number of aryl methyl sites for hydroxylation is 1. The van der Waals surface area contributed by atoms with Gasteiger partial charge in [0, 0.05) is 0 Å². The minimum atomic E-state index is -0.736. The molecule has 0 heterocycles. The van der Waals surface area contributed by atoms with Crippen LogP contribution >= 0.6 is 0 Å². The van der Waals surface area contributed by atoms with E-state index in [-0.39, 0.29) is 6.04 Å². The largest absolute Gasteiger partial charge is 0.311 e. The molecule has 1 aliphatic rings. The van der Waals surface area contributed by atoms with Crippen molar-refractivity contribution in [2.24, 2.45) is 0 Å². The lowest BCUT2D eigenvalue weighted by atomic mass is 9.86. The van der Waals surface area contributed by atoms with Crippen molar-refractivity contribution in [3.63, 3.8) is 0 Å². The number of hydrogen-bond donors (Lipinski definition) is 1. The third-order valence-corrected chi connectivity index (χ3v) is 2.75. The van der Waals surface area contributed by atoms with Gasteiger partial charge in [-0.1, -0.05) is 24.3 Å². The molecule has 1 N–H and O–H groups in total. The lowest BCUT2D eigenvalue weighted by Crippen LogP contribution is -2.31. The van der Waals surface area contributed by atoms with Crippen LogP contribution in [0.4, 0.5) is 4.39 Å². The third-order valence-electron chi connectivity index (χ3n) is 2.75. The van der Waals surface area contributed by atoms with Gasteiger partial charge in [0.15, 0.2) is 0 Å². The van der Waals surface area contributed by atoms with E-state index in [9.17, 15) is 4.39 Å². The van der Waals surface area contributed by atoms with Crippen LogP contribution in [0.3, 0.4) is 0 Å². The maximum absolute atomic E-state index is 13.5. The Balaban J connectivity index is 2.39. The van der Waals surface area contributed by atoms with E-state index in [1.165, 1.54) is 5.56 Å². The summed E-state index contributed by atoms with van der Waals surface area (Å²) in [7, 11) is 1.82. The van der Waals surface area contributed by atoms with E-state index in [4.69, 9.17) is 0 Å². The minimum Gasteiger partial charge on any atom is -0.311 e. The summed E-state index contributed by atoms with van der Waals surface area (Å²) in [5.74, 6) is 0. The Kier molecular flexibility index (Phi) is 2.32. The summed E-state index contributed by atoms with van der Waals surface area (Å²) >= 11 is 0. The fourth-order valence-electron chi connectivity index (χ4n) is 2.06. The highest BCUT2D eigenvalue weighted by atomic mass is 19.1. The van der Waals surface area contributed by atoms with E-state index in [0.29, 0.717) is 6.42 Å². The number of benzene rings is 1. The molecule has 2 atom stereocenters. The van der Waals surface area contributed by atoms with E-state index in [1.54, 1.807) is 0 Å². The zero-order valence-corrected chi connectivity index (χ0v) is 7.76. The highest BCUT2D eigenvalue weighted by Gasteiger charge is 2.27. The van der Waals surface area contributed by atoms with Gasteiger partial charge in [-0.2, -0.15) is 0 Å². The number of rotatable bonds is 1. The van der Waals surface area contributed by atoms with Crippen molar-refractivity contribution in [1.29, 1.82) is 0 Å². The van der Waals surface area contributed by atoms with Gasteiger partial charge in [-0.15, -0.1) is 0 Å². The molecule has 0 bridgehead atoms. The predicted molar refractivity (Wildman–Crippen MR) is 51.5 cm³/mol. The smallest absolute Gasteiger partial charge is 0.120 e. The number of fused-ring (bicyclic) bond motifs is 1. The monoisotopic (exact) mass is 179 g/mol. The van der Waals surface area contributed by atoms with Gasteiger partial charge in [-0.3, -0.25) is 0 Å². The molecule has 1 aromatic carbocycles. The summed E-state index contributed by atoms with van der Waals surface area (Å²) in [5, 5.41) is 3.03. The summed E-state index contributed by atoms with van der Waals surface area (Å²) in [6.45, 7) is 0. The predicted octanol–water partition coefficient (Wildman–Crippen LogP) is 2.23. The normalized spacial score (nSPS) is 26.9. The van der Waals surface area contributed by atoms with Crippen LogP contribution in [0.5, 0.6) is 0 Å². The van der Waals surface area contributed by atoms with Crippen molar-refractivity contribution in [1.82, 2.24) is 5.32 Å². The molecule has 0 saturated carbocycles. The number of halogens is 1. The molecule has 0 fully saturated rings. The third kappa shape index (κ3) is 1.46. The average Bonchev–Trinajstić information content (AvgIpc) is 2.18. The first-order valence-electron chi connectivity index (χ1n) is 4.72. The second-order valence-electron chi connectivity index (χ2n) is 3.52. The minimum absolute atomic E-state index is 0.107. The molecule has 0 amide bonds. The summed E-state index contributed by atoms with van der Waals surface area (Å²) in [4.78, 5) is 0. The Morgan fingerprint density at radius 2 is 2.15 bits per heavy atom. The maximum atomic E-state index is 13.5. The zero-order valence-electron chi connectivity index (χ0n) is 7.76. The highest BCUT2D eigenvalue weighted by molar-refractivity contribution is 5.33.